The van der Waals surface area contributed by atoms with E-state index in [1.54, 1.807) is 6.92 Å². The van der Waals surface area contributed by atoms with Gasteiger partial charge < -0.3 is 4.55 Å². The average molecular weight is 117 g/mol. The Morgan fingerprint density at radius 2 is 2.43 bits per heavy atom. The minimum absolute atomic E-state index is 0.177. The molecule has 0 aromatic heterocycles. The van der Waals surface area contributed by atoms with Crippen molar-refractivity contribution in [3.05, 3.63) is 0 Å². The first kappa shape index (κ1) is 6.80. The van der Waals surface area contributed by atoms with Crippen molar-refractivity contribution in [2.24, 2.45) is 0 Å². The Morgan fingerprint density at radius 3 is 2.57 bits per heavy atom. The van der Waals surface area contributed by atoms with Gasteiger partial charge in [0, 0.05) is 0 Å². The molecule has 40 valence electrons. The largest absolute Gasteiger partial charge is 0.616 e. The van der Waals surface area contributed by atoms with Gasteiger partial charge in [-0.3, -0.25) is 0 Å². The zero-order chi connectivity index (χ0) is 5.70. The smallest absolute Gasteiger partial charge is 0.190 e. The molecule has 7 heavy (non-hydrogen) atoms. The molecule has 0 heterocycles. The number of hydrogen-bond donors (Lipinski definition) is 0. The first-order valence-corrected chi connectivity index (χ1v) is 3.52. The van der Waals surface area contributed by atoms with E-state index in [9.17, 15) is 4.55 Å². The maximum Gasteiger partial charge on any atom is 0.190 e. The van der Waals surface area contributed by atoms with E-state index in [0.29, 0.717) is 5.75 Å². The summed E-state index contributed by atoms with van der Waals surface area (Å²) in [6, 6.07) is 1.82. The molecule has 0 saturated carbocycles. The van der Waals surface area contributed by atoms with Gasteiger partial charge in [0.25, 0.3) is 0 Å². The van der Waals surface area contributed by atoms with Gasteiger partial charge in [0.05, 0.1) is 0 Å². The van der Waals surface area contributed by atoms with Crippen LogP contribution in [0.25, 0.3) is 0 Å². The molecule has 0 fully saturated rings. The summed E-state index contributed by atoms with van der Waals surface area (Å²) in [5, 5.41) is 7.92. The highest BCUT2D eigenvalue weighted by Gasteiger charge is 1.96. The maximum absolute atomic E-state index is 10.3. The Bertz CT molecular complexity index is 78.2. The SMILES string of the molecule is CC[S@@+]([O-])CC#N. The van der Waals surface area contributed by atoms with Gasteiger partial charge in [0.1, 0.15) is 11.8 Å². The molecule has 0 spiro atoms. The van der Waals surface area contributed by atoms with Crippen LogP contribution in [0.15, 0.2) is 0 Å². The van der Waals surface area contributed by atoms with Crippen molar-refractivity contribution in [1.82, 2.24) is 0 Å². The van der Waals surface area contributed by atoms with Crippen LogP contribution in [0, 0.1) is 11.3 Å². The van der Waals surface area contributed by atoms with E-state index in [1.165, 1.54) is 0 Å². The fourth-order valence-electron chi connectivity index (χ4n) is 0.174. The molecule has 0 aliphatic rings. The third-order valence-electron chi connectivity index (χ3n) is 0.548. The Hall–Kier alpha value is -0.200. The molecule has 0 aliphatic carbocycles. The molecular weight excluding hydrogens is 110 g/mol. The van der Waals surface area contributed by atoms with Crippen LogP contribution in [0.5, 0.6) is 0 Å². The summed E-state index contributed by atoms with van der Waals surface area (Å²) >= 11 is -0.888. The lowest BCUT2D eigenvalue weighted by molar-refractivity contribution is 0.599. The monoisotopic (exact) mass is 117 g/mol. The van der Waals surface area contributed by atoms with Crippen LogP contribution in [0.3, 0.4) is 0 Å². The predicted octanol–water partition coefficient (Wildman–Crippen LogP) is 0.279. The summed E-state index contributed by atoms with van der Waals surface area (Å²) in [4.78, 5) is 0. The van der Waals surface area contributed by atoms with E-state index in [-0.39, 0.29) is 5.75 Å². The Balaban J connectivity index is 3.03. The third kappa shape index (κ3) is 3.64. The van der Waals surface area contributed by atoms with Crippen LogP contribution < -0.4 is 0 Å². The van der Waals surface area contributed by atoms with Gasteiger partial charge >= 0.3 is 0 Å². The summed E-state index contributed by atoms with van der Waals surface area (Å²) in [6.45, 7) is 1.80. The average Bonchev–Trinajstić information content (AvgIpc) is 1.68. The van der Waals surface area contributed by atoms with Gasteiger partial charge in [-0.2, -0.15) is 5.26 Å². The van der Waals surface area contributed by atoms with Crippen molar-refractivity contribution in [1.29, 1.82) is 5.26 Å². The molecule has 0 aliphatic heterocycles. The van der Waals surface area contributed by atoms with Gasteiger partial charge in [0.2, 0.25) is 0 Å². The summed E-state index contributed by atoms with van der Waals surface area (Å²) in [7, 11) is 0. The quantitative estimate of drug-likeness (QED) is 0.488. The molecule has 0 saturated heterocycles. The minimum Gasteiger partial charge on any atom is -0.616 e. The number of hydrogen-bond acceptors (Lipinski definition) is 2. The topological polar surface area (TPSA) is 46.8 Å². The first-order valence-electron chi connectivity index (χ1n) is 2.03. The lowest BCUT2D eigenvalue weighted by Crippen LogP contribution is -2.05. The van der Waals surface area contributed by atoms with Gasteiger partial charge in [-0.25, -0.2) is 0 Å². The lowest BCUT2D eigenvalue weighted by Gasteiger charge is -1.99. The van der Waals surface area contributed by atoms with E-state index >= 15 is 0 Å². The van der Waals surface area contributed by atoms with Crippen LogP contribution in [-0.4, -0.2) is 16.1 Å². The van der Waals surface area contributed by atoms with Crippen LogP contribution >= 0.6 is 0 Å². The summed E-state index contributed by atoms with van der Waals surface area (Å²) in [6.07, 6.45) is 0. The normalized spacial score (nSPS) is 12.7. The van der Waals surface area contributed by atoms with Crippen LogP contribution in [0.4, 0.5) is 0 Å². The number of rotatable bonds is 2. The third-order valence-corrected chi connectivity index (χ3v) is 1.64. The van der Waals surface area contributed by atoms with Crippen molar-refractivity contribution in [3.8, 4) is 6.07 Å². The van der Waals surface area contributed by atoms with E-state index in [1.807, 2.05) is 6.07 Å². The molecule has 0 amide bonds. The first-order chi connectivity index (χ1) is 3.31. The zero-order valence-electron chi connectivity index (χ0n) is 4.18. The van der Waals surface area contributed by atoms with Gasteiger partial charge in [0.15, 0.2) is 5.75 Å². The number of nitriles is 1. The molecule has 0 bridgehead atoms. The van der Waals surface area contributed by atoms with E-state index in [2.05, 4.69) is 0 Å². The van der Waals surface area contributed by atoms with Crippen molar-refractivity contribution in [3.63, 3.8) is 0 Å². The molecule has 0 aromatic rings. The van der Waals surface area contributed by atoms with Crippen molar-refractivity contribution < 1.29 is 4.55 Å². The lowest BCUT2D eigenvalue weighted by atomic mass is 10.9. The molecule has 0 unspecified atom stereocenters. The highest BCUT2D eigenvalue weighted by atomic mass is 32.2. The molecule has 0 rings (SSSR count). The van der Waals surface area contributed by atoms with Crippen LogP contribution in [0.2, 0.25) is 0 Å². The second-order valence-corrected chi connectivity index (χ2v) is 2.78. The van der Waals surface area contributed by atoms with Gasteiger partial charge in [-0.05, 0) is 18.1 Å². The van der Waals surface area contributed by atoms with Crippen molar-refractivity contribution >= 4 is 11.2 Å². The Morgan fingerprint density at radius 1 is 1.86 bits per heavy atom. The van der Waals surface area contributed by atoms with E-state index < -0.39 is 11.2 Å². The Kier molecular flexibility index (Phi) is 3.86. The molecule has 0 radical (unpaired) electrons. The fraction of sp³-hybridized carbons (Fsp3) is 0.750. The van der Waals surface area contributed by atoms with Crippen LogP contribution in [-0.2, 0) is 11.2 Å². The summed E-state index contributed by atoms with van der Waals surface area (Å²) in [5.74, 6) is 0.768. The Labute approximate surface area is 46.3 Å². The van der Waals surface area contributed by atoms with Gasteiger partial charge in [-0.1, -0.05) is 0 Å². The summed E-state index contributed by atoms with van der Waals surface area (Å²) < 4.78 is 10.3. The highest BCUT2D eigenvalue weighted by Crippen LogP contribution is 1.84. The fourth-order valence-corrected chi connectivity index (χ4v) is 0.522. The van der Waals surface area contributed by atoms with Crippen molar-refractivity contribution in [2.45, 2.75) is 6.92 Å². The molecule has 3 heteroatoms. The van der Waals surface area contributed by atoms with E-state index in [4.69, 9.17) is 5.26 Å². The second-order valence-electron chi connectivity index (χ2n) is 1.03. The highest BCUT2D eigenvalue weighted by molar-refractivity contribution is 7.91. The zero-order valence-corrected chi connectivity index (χ0v) is 4.99. The molecule has 0 aromatic carbocycles. The predicted molar refractivity (Wildman–Crippen MR) is 29.2 cm³/mol. The maximum atomic E-state index is 10.3. The molecular formula is C4H7NOS. The second kappa shape index (κ2) is 3.97. The minimum atomic E-state index is -0.888. The molecule has 1 atom stereocenters. The van der Waals surface area contributed by atoms with Crippen molar-refractivity contribution in [2.75, 3.05) is 11.5 Å². The summed E-state index contributed by atoms with van der Waals surface area (Å²) in [5.41, 5.74) is 0. The van der Waals surface area contributed by atoms with Crippen LogP contribution in [0.1, 0.15) is 6.92 Å². The van der Waals surface area contributed by atoms with E-state index in [0.717, 1.165) is 0 Å². The van der Waals surface area contributed by atoms with Gasteiger partial charge in [-0.15, -0.1) is 0 Å². The standard InChI is InChI=1S/C4H7NOS/c1-2-7(6)4-3-5/h2,4H2,1H3/t7-/m1/s1. The molecule has 2 nitrogen and oxygen atoms in total. The number of nitrogens with zero attached hydrogens (tertiary/aromatic N) is 1. The molecule has 0 N–H and O–H groups in total.